The van der Waals surface area contributed by atoms with Gasteiger partial charge in [0.2, 0.25) is 0 Å². The number of carbonyl (C=O) groups is 1. The van der Waals surface area contributed by atoms with Crippen LogP contribution in [0.5, 0.6) is 0 Å². The summed E-state index contributed by atoms with van der Waals surface area (Å²) in [6.45, 7) is 9.09. The molecule has 1 aliphatic heterocycles. The maximum Gasteiger partial charge on any atom is 0.320 e. The first-order valence-electron chi connectivity index (χ1n) is 5.71. The summed E-state index contributed by atoms with van der Waals surface area (Å²) in [5, 5.41) is 18.6. The van der Waals surface area contributed by atoms with Crippen molar-refractivity contribution in [1.29, 1.82) is 0 Å². The van der Waals surface area contributed by atoms with E-state index >= 15 is 0 Å². The van der Waals surface area contributed by atoms with Gasteiger partial charge in [-0.1, -0.05) is 0 Å². The van der Waals surface area contributed by atoms with Crippen LogP contribution in [0.2, 0.25) is 0 Å². The van der Waals surface area contributed by atoms with Gasteiger partial charge in [0.15, 0.2) is 0 Å². The Hall–Kier alpha value is -0.650. The summed E-state index contributed by atoms with van der Waals surface area (Å²) in [6.07, 6.45) is 0. The van der Waals surface area contributed by atoms with Gasteiger partial charge in [0.1, 0.15) is 6.04 Å². The molecular formula is C11H22N2O3. The lowest BCUT2D eigenvalue weighted by Gasteiger charge is -2.38. The summed E-state index contributed by atoms with van der Waals surface area (Å²) in [5.74, 6) is -0.768. The minimum absolute atomic E-state index is 0.413. The fourth-order valence-electron chi connectivity index (χ4n) is 2.01. The molecule has 1 rings (SSSR count). The molecule has 0 saturated carbocycles. The normalized spacial score (nSPS) is 22.0. The number of carboxylic acids is 1. The Kier molecular flexibility index (Phi) is 4.29. The second-order valence-electron chi connectivity index (χ2n) is 5.14. The summed E-state index contributed by atoms with van der Waals surface area (Å²) in [7, 11) is 0. The lowest BCUT2D eigenvalue weighted by molar-refractivity contribution is -0.143. The third kappa shape index (κ3) is 4.08. The van der Waals surface area contributed by atoms with E-state index in [1.54, 1.807) is 20.8 Å². The zero-order valence-electron chi connectivity index (χ0n) is 10.3. The van der Waals surface area contributed by atoms with E-state index < -0.39 is 17.6 Å². The topological polar surface area (TPSA) is 64.0 Å². The van der Waals surface area contributed by atoms with Gasteiger partial charge < -0.3 is 10.2 Å². The maximum atomic E-state index is 10.8. The smallest absolute Gasteiger partial charge is 0.320 e. The monoisotopic (exact) mass is 230 g/mol. The van der Waals surface area contributed by atoms with Gasteiger partial charge in [-0.05, 0) is 20.8 Å². The number of aliphatic hydroxyl groups is 1. The molecule has 0 aliphatic carbocycles. The molecule has 0 aromatic rings. The molecule has 0 radical (unpaired) electrons. The standard InChI is InChI=1S/C11H22N2O3/c1-9(10(14)15)13-6-4-12(5-7-13)8-11(2,3)16/h9,16H,4-8H2,1-3H3,(H,14,15). The van der Waals surface area contributed by atoms with Gasteiger partial charge in [0.25, 0.3) is 0 Å². The third-order valence-electron chi connectivity index (χ3n) is 2.92. The van der Waals surface area contributed by atoms with Crippen molar-refractivity contribution in [3.8, 4) is 0 Å². The Morgan fingerprint density at radius 3 is 2.19 bits per heavy atom. The second-order valence-corrected chi connectivity index (χ2v) is 5.14. The van der Waals surface area contributed by atoms with Crippen molar-refractivity contribution < 1.29 is 15.0 Å². The zero-order chi connectivity index (χ0) is 12.3. The van der Waals surface area contributed by atoms with E-state index in [1.165, 1.54) is 0 Å². The van der Waals surface area contributed by atoms with Crippen molar-refractivity contribution in [1.82, 2.24) is 9.80 Å². The van der Waals surface area contributed by atoms with E-state index in [9.17, 15) is 9.90 Å². The minimum atomic E-state index is -0.768. The molecule has 5 nitrogen and oxygen atoms in total. The van der Waals surface area contributed by atoms with E-state index in [4.69, 9.17) is 5.11 Å². The van der Waals surface area contributed by atoms with Crippen molar-refractivity contribution in [2.24, 2.45) is 0 Å². The molecule has 0 amide bonds. The van der Waals surface area contributed by atoms with Gasteiger partial charge >= 0.3 is 5.97 Å². The minimum Gasteiger partial charge on any atom is -0.480 e. The second kappa shape index (κ2) is 5.12. The van der Waals surface area contributed by atoms with Gasteiger partial charge in [-0.2, -0.15) is 0 Å². The fraction of sp³-hybridized carbons (Fsp3) is 0.909. The summed E-state index contributed by atoms with van der Waals surface area (Å²) >= 11 is 0. The van der Waals surface area contributed by atoms with E-state index in [-0.39, 0.29) is 0 Å². The highest BCUT2D eigenvalue weighted by molar-refractivity contribution is 5.72. The predicted octanol–water partition coefficient (Wildman–Crippen LogP) is -0.152. The predicted molar refractivity (Wildman–Crippen MR) is 61.4 cm³/mol. The van der Waals surface area contributed by atoms with Crippen LogP contribution < -0.4 is 0 Å². The molecule has 94 valence electrons. The molecule has 2 N–H and O–H groups in total. The molecule has 1 fully saturated rings. The number of rotatable bonds is 4. The van der Waals surface area contributed by atoms with Gasteiger partial charge in [0.05, 0.1) is 5.60 Å². The highest BCUT2D eigenvalue weighted by Gasteiger charge is 2.27. The van der Waals surface area contributed by atoms with Crippen LogP contribution in [0.4, 0.5) is 0 Å². The van der Waals surface area contributed by atoms with E-state index in [0.29, 0.717) is 6.54 Å². The highest BCUT2D eigenvalue weighted by Crippen LogP contribution is 2.10. The quantitative estimate of drug-likeness (QED) is 0.703. The van der Waals surface area contributed by atoms with E-state index in [1.807, 2.05) is 4.90 Å². The van der Waals surface area contributed by atoms with Crippen LogP contribution in [0.3, 0.4) is 0 Å². The van der Waals surface area contributed by atoms with Crippen molar-refractivity contribution in [2.75, 3.05) is 32.7 Å². The van der Waals surface area contributed by atoms with Crippen molar-refractivity contribution in [3.05, 3.63) is 0 Å². The van der Waals surface area contributed by atoms with Crippen molar-refractivity contribution in [3.63, 3.8) is 0 Å². The Bertz CT molecular complexity index is 242. The molecule has 0 aromatic heterocycles. The van der Waals surface area contributed by atoms with Crippen LogP contribution in [0.15, 0.2) is 0 Å². The van der Waals surface area contributed by atoms with Gasteiger partial charge in [-0.15, -0.1) is 0 Å². The molecule has 1 heterocycles. The van der Waals surface area contributed by atoms with Crippen LogP contribution in [0, 0.1) is 0 Å². The summed E-state index contributed by atoms with van der Waals surface area (Å²) in [6, 6.07) is -0.413. The number of aliphatic carboxylic acids is 1. The largest absolute Gasteiger partial charge is 0.480 e. The maximum absolute atomic E-state index is 10.8. The number of hydrogen-bond acceptors (Lipinski definition) is 4. The van der Waals surface area contributed by atoms with Crippen molar-refractivity contribution >= 4 is 5.97 Å². The molecule has 1 saturated heterocycles. The SMILES string of the molecule is CC(C(=O)O)N1CCN(CC(C)(C)O)CC1. The average Bonchev–Trinajstić information content (AvgIpc) is 2.15. The third-order valence-corrected chi connectivity index (χ3v) is 2.92. The molecule has 0 spiro atoms. The Balaban J connectivity index is 2.37. The number of nitrogens with zero attached hydrogens (tertiary/aromatic N) is 2. The van der Waals surface area contributed by atoms with Crippen LogP contribution in [-0.2, 0) is 4.79 Å². The lowest BCUT2D eigenvalue weighted by atomic mass is 10.1. The summed E-state index contributed by atoms with van der Waals surface area (Å²) in [5.41, 5.74) is -0.680. The van der Waals surface area contributed by atoms with Crippen LogP contribution in [0.25, 0.3) is 0 Å². The number of carboxylic acid groups (broad SMARTS) is 1. The number of hydrogen-bond donors (Lipinski definition) is 2. The molecule has 0 bridgehead atoms. The van der Waals surface area contributed by atoms with E-state index in [2.05, 4.69) is 4.90 Å². The van der Waals surface area contributed by atoms with Gasteiger partial charge in [-0.25, -0.2) is 0 Å². The fourth-order valence-corrected chi connectivity index (χ4v) is 2.01. The van der Waals surface area contributed by atoms with Gasteiger partial charge in [0, 0.05) is 32.7 Å². The molecule has 5 heteroatoms. The Morgan fingerprint density at radius 1 is 1.31 bits per heavy atom. The van der Waals surface area contributed by atoms with Crippen molar-refractivity contribution in [2.45, 2.75) is 32.4 Å². The molecule has 1 aliphatic rings. The first-order valence-corrected chi connectivity index (χ1v) is 5.71. The molecule has 16 heavy (non-hydrogen) atoms. The van der Waals surface area contributed by atoms with Crippen LogP contribution in [-0.4, -0.2) is 70.3 Å². The first kappa shape index (κ1) is 13.4. The first-order chi connectivity index (χ1) is 7.29. The Labute approximate surface area is 96.7 Å². The zero-order valence-corrected chi connectivity index (χ0v) is 10.3. The molecular weight excluding hydrogens is 208 g/mol. The molecule has 0 aromatic carbocycles. The lowest BCUT2D eigenvalue weighted by Crippen LogP contribution is -2.54. The summed E-state index contributed by atoms with van der Waals surface area (Å²) < 4.78 is 0. The highest BCUT2D eigenvalue weighted by atomic mass is 16.4. The van der Waals surface area contributed by atoms with E-state index in [0.717, 1.165) is 26.2 Å². The molecule has 1 unspecified atom stereocenters. The van der Waals surface area contributed by atoms with Crippen LogP contribution >= 0.6 is 0 Å². The Morgan fingerprint density at radius 2 is 1.81 bits per heavy atom. The van der Waals surface area contributed by atoms with Crippen LogP contribution in [0.1, 0.15) is 20.8 Å². The number of β-amino-alcohol motifs (C(OH)–C–C–N with tert-alkyl or cyclic N) is 1. The average molecular weight is 230 g/mol. The summed E-state index contributed by atoms with van der Waals surface area (Å²) in [4.78, 5) is 14.9. The number of piperazine rings is 1. The molecule has 1 atom stereocenters. The van der Waals surface area contributed by atoms with Gasteiger partial charge in [-0.3, -0.25) is 14.6 Å².